The molecule has 0 aromatic heterocycles. The summed E-state index contributed by atoms with van der Waals surface area (Å²) >= 11 is 7.29. The van der Waals surface area contributed by atoms with Crippen molar-refractivity contribution in [2.45, 2.75) is 13.8 Å². The lowest BCUT2D eigenvalue weighted by atomic mass is 10.1. The number of aryl methyl sites for hydroxylation is 2. The highest BCUT2D eigenvalue weighted by molar-refractivity contribution is 8.18. The second-order valence-corrected chi connectivity index (χ2v) is 7.10. The molecular weight excluding hydrogens is 356 g/mol. The molecule has 0 unspecified atom stereocenters. The number of amidine groups is 1. The number of halogens is 1. The third-order valence-electron chi connectivity index (χ3n) is 3.80. The lowest BCUT2D eigenvalue weighted by Gasteiger charge is -2.04. The Hall–Kier alpha value is -2.24. The van der Waals surface area contributed by atoms with Crippen molar-refractivity contribution in [1.82, 2.24) is 5.32 Å². The summed E-state index contributed by atoms with van der Waals surface area (Å²) in [5, 5.41) is 4.03. The number of nitrogens with one attached hydrogen (secondary N) is 1. The van der Waals surface area contributed by atoms with Crippen LogP contribution < -0.4 is 10.1 Å². The largest absolute Gasteiger partial charge is 0.497 e. The summed E-state index contributed by atoms with van der Waals surface area (Å²) in [4.78, 5) is 17.4. The van der Waals surface area contributed by atoms with Gasteiger partial charge in [-0.2, -0.15) is 0 Å². The van der Waals surface area contributed by atoms with Gasteiger partial charge >= 0.3 is 0 Å². The average molecular weight is 373 g/mol. The molecule has 6 heteroatoms. The molecule has 1 fully saturated rings. The van der Waals surface area contributed by atoms with Crippen molar-refractivity contribution < 1.29 is 9.53 Å². The van der Waals surface area contributed by atoms with E-state index in [1.165, 1.54) is 11.8 Å². The Morgan fingerprint density at radius 2 is 1.96 bits per heavy atom. The third-order valence-corrected chi connectivity index (χ3v) is 4.94. The van der Waals surface area contributed by atoms with E-state index in [4.69, 9.17) is 16.3 Å². The number of carbonyl (C=O) groups excluding carboxylic acids is 1. The van der Waals surface area contributed by atoms with Crippen LogP contribution >= 0.6 is 23.4 Å². The standard InChI is InChI=1S/C19H17ClN2O2S/c1-11-9-15(24-3)6-4-13(11)10-17-18(23)22-19(25-17)21-16-7-5-14(20)8-12(16)2/h4-10H,1-3H3,(H,21,22,23)/b17-10-. The average Bonchev–Trinajstić information content (AvgIpc) is 2.91. The highest BCUT2D eigenvalue weighted by Gasteiger charge is 2.24. The van der Waals surface area contributed by atoms with E-state index in [2.05, 4.69) is 10.3 Å². The molecule has 1 N–H and O–H groups in total. The van der Waals surface area contributed by atoms with Crippen LogP contribution in [0.5, 0.6) is 5.75 Å². The van der Waals surface area contributed by atoms with E-state index < -0.39 is 0 Å². The van der Waals surface area contributed by atoms with E-state index in [1.807, 2.05) is 50.3 Å². The maximum Gasteiger partial charge on any atom is 0.264 e. The van der Waals surface area contributed by atoms with Gasteiger partial charge in [-0.3, -0.25) is 4.79 Å². The highest BCUT2D eigenvalue weighted by atomic mass is 35.5. The Kier molecular flexibility index (Phi) is 5.16. The summed E-state index contributed by atoms with van der Waals surface area (Å²) < 4.78 is 5.21. The van der Waals surface area contributed by atoms with Crippen molar-refractivity contribution in [3.8, 4) is 5.75 Å². The second kappa shape index (κ2) is 7.33. The molecule has 0 atom stereocenters. The zero-order chi connectivity index (χ0) is 18.0. The lowest BCUT2D eigenvalue weighted by Crippen LogP contribution is -2.19. The molecule has 0 bridgehead atoms. The smallest absolute Gasteiger partial charge is 0.264 e. The van der Waals surface area contributed by atoms with Gasteiger partial charge in [0, 0.05) is 5.02 Å². The number of rotatable bonds is 3. The molecular formula is C19H17ClN2O2S. The molecule has 0 spiro atoms. The van der Waals surface area contributed by atoms with Crippen LogP contribution in [0.2, 0.25) is 5.02 Å². The fourth-order valence-corrected chi connectivity index (χ4v) is 3.46. The minimum atomic E-state index is -0.148. The molecule has 1 aliphatic rings. The Labute approximate surface area is 155 Å². The number of thioether (sulfide) groups is 1. The first-order valence-corrected chi connectivity index (χ1v) is 8.86. The molecule has 0 radical (unpaired) electrons. The van der Waals surface area contributed by atoms with Gasteiger partial charge in [0.2, 0.25) is 0 Å². The van der Waals surface area contributed by atoms with Gasteiger partial charge in [-0.05, 0) is 78.7 Å². The molecule has 1 heterocycles. The minimum Gasteiger partial charge on any atom is -0.497 e. The monoisotopic (exact) mass is 372 g/mol. The number of amides is 1. The third kappa shape index (κ3) is 4.06. The summed E-state index contributed by atoms with van der Waals surface area (Å²) in [6.07, 6.45) is 1.87. The van der Waals surface area contributed by atoms with Crippen LogP contribution in [0, 0.1) is 13.8 Å². The summed E-state index contributed by atoms with van der Waals surface area (Å²) in [6, 6.07) is 11.2. The van der Waals surface area contributed by atoms with E-state index in [0.29, 0.717) is 15.1 Å². The Morgan fingerprint density at radius 1 is 1.16 bits per heavy atom. The predicted molar refractivity (Wildman–Crippen MR) is 105 cm³/mol. The van der Waals surface area contributed by atoms with E-state index >= 15 is 0 Å². The van der Waals surface area contributed by atoms with Crippen molar-refractivity contribution in [3.63, 3.8) is 0 Å². The van der Waals surface area contributed by atoms with E-state index in [9.17, 15) is 4.79 Å². The number of hydrogen-bond acceptors (Lipinski definition) is 4. The van der Waals surface area contributed by atoms with Crippen LogP contribution in [0.3, 0.4) is 0 Å². The number of aliphatic imine (C=N–C) groups is 1. The molecule has 2 aromatic rings. The number of benzene rings is 2. The maximum atomic E-state index is 12.2. The first-order valence-electron chi connectivity index (χ1n) is 7.66. The number of carbonyl (C=O) groups is 1. The zero-order valence-corrected chi connectivity index (χ0v) is 15.7. The van der Waals surface area contributed by atoms with Crippen LogP contribution in [-0.4, -0.2) is 18.2 Å². The van der Waals surface area contributed by atoms with Gasteiger partial charge in [0.05, 0.1) is 17.7 Å². The summed E-state index contributed by atoms with van der Waals surface area (Å²) in [7, 11) is 1.63. The normalized spacial score (nSPS) is 17.2. The Balaban J connectivity index is 1.86. The van der Waals surface area contributed by atoms with Crippen LogP contribution in [0.1, 0.15) is 16.7 Å². The highest BCUT2D eigenvalue weighted by Crippen LogP contribution is 2.31. The fraction of sp³-hybridized carbons (Fsp3) is 0.158. The molecule has 0 aliphatic carbocycles. The molecule has 128 valence electrons. The summed E-state index contributed by atoms with van der Waals surface area (Å²) in [6.45, 7) is 3.92. The fourth-order valence-electron chi connectivity index (χ4n) is 2.41. The molecule has 1 amide bonds. The summed E-state index contributed by atoms with van der Waals surface area (Å²) in [5.41, 5.74) is 3.76. The van der Waals surface area contributed by atoms with E-state index in [0.717, 1.165) is 28.1 Å². The molecule has 3 rings (SSSR count). The molecule has 1 saturated heterocycles. The quantitative estimate of drug-likeness (QED) is 0.783. The van der Waals surface area contributed by atoms with Crippen molar-refractivity contribution in [3.05, 3.63) is 63.0 Å². The maximum absolute atomic E-state index is 12.2. The van der Waals surface area contributed by atoms with Crippen LogP contribution in [0.25, 0.3) is 6.08 Å². The van der Waals surface area contributed by atoms with Gasteiger partial charge in [-0.1, -0.05) is 17.7 Å². The van der Waals surface area contributed by atoms with Gasteiger partial charge in [0.1, 0.15) is 5.75 Å². The van der Waals surface area contributed by atoms with Gasteiger partial charge in [-0.25, -0.2) is 4.99 Å². The van der Waals surface area contributed by atoms with Crippen molar-refractivity contribution in [2.24, 2.45) is 4.99 Å². The molecule has 4 nitrogen and oxygen atoms in total. The van der Waals surface area contributed by atoms with Crippen molar-refractivity contribution >= 4 is 46.2 Å². The number of ether oxygens (including phenoxy) is 1. The lowest BCUT2D eigenvalue weighted by molar-refractivity contribution is -0.115. The topological polar surface area (TPSA) is 50.7 Å². The number of hydrogen-bond donors (Lipinski definition) is 1. The Bertz CT molecular complexity index is 906. The van der Waals surface area contributed by atoms with E-state index in [1.54, 1.807) is 13.2 Å². The SMILES string of the molecule is COc1ccc(/C=C2\SC(=Nc3ccc(Cl)cc3C)NC2=O)c(C)c1. The summed E-state index contributed by atoms with van der Waals surface area (Å²) in [5.74, 6) is 0.647. The first kappa shape index (κ1) is 17.6. The molecule has 1 aliphatic heterocycles. The van der Waals surface area contributed by atoms with Gasteiger partial charge in [0.15, 0.2) is 5.17 Å². The zero-order valence-electron chi connectivity index (χ0n) is 14.1. The minimum absolute atomic E-state index is 0.148. The number of nitrogens with zero attached hydrogens (tertiary/aromatic N) is 1. The van der Waals surface area contributed by atoms with Gasteiger partial charge in [0.25, 0.3) is 5.91 Å². The molecule has 0 saturated carbocycles. The molecule has 2 aromatic carbocycles. The van der Waals surface area contributed by atoms with Crippen LogP contribution in [-0.2, 0) is 4.79 Å². The first-order chi connectivity index (χ1) is 12.0. The van der Waals surface area contributed by atoms with Crippen molar-refractivity contribution in [2.75, 3.05) is 7.11 Å². The second-order valence-electron chi connectivity index (χ2n) is 5.64. The number of methoxy groups -OCH3 is 1. The van der Waals surface area contributed by atoms with Crippen molar-refractivity contribution in [1.29, 1.82) is 0 Å². The predicted octanol–water partition coefficient (Wildman–Crippen LogP) is 4.86. The molecule has 25 heavy (non-hydrogen) atoms. The van der Waals surface area contributed by atoms with Gasteiger partial charge < -0.3 is 10.1 Å². The van der Waals surface area contributed by atoms with Crippen LogP contribution in [0.4, 0.5) is 5.69 Å². The Morgan fingerprint density at radius 3 is 2.64 bits per heavy atom. The van der Waals surface area contributed by atoms with Crippen LogP contribution in [0.15, 0.2) is 46.3 Å². The van der Waals surface area contributed by atoms with Gasteiger partial charge in [-0.15, -0.1) is 0 Å². The van der Waals surface area contributed by atoms with E-state index in [-0.39, 0.29) is 5.91 Å².